The third kappa shape index (κ3) is 3.73. The Bertz CT molecular complexity index is 714. The molecule has 2 aromatic rings. The highest BCUT2D eigenvalue weighted by Gasteiger charge is 2.32. The van der Waals surface area contributed by atoms with Gasteiger partial charge in [-0.1, -0.05) is 36.8 Å². The van der Waals surface area contributed by atoms with Crippen LogP contribution in [0.15, 0.2) is 54.6 Å². The summed E-state index contributed by atoms with van der Waals surface area (Å²) in [5.74, 6) is 0.0285. The van der Waals surface area contributed by atoms with Crippen LogP contribution in [0.1, 0.15) is 43.2 Å². The Kier molecular flexibility index (Phi) is 5.16. The molecule has 0 aromatic heterocycles. The topological polar surface area (TPSA) is 3.24 Å². The summed E-state index contributed by atoms with van der Waals surface area (Å²) in [4.78, 5) is 2.64. The van der Waals surface area contributed by atoms with Crippen molar-refractivity contribution in [2.45, 2.75) is 38.1 Å². The summed E-state index contributed by atoms with van der Waals surface area (Å²) >= 11 is 0. The molecule has 2 heterocycles. The van der Waals surface area contributed by atoms with E-state index in [-0.39, 0.29) is 11.6 Å². The van der Waals surface area contributed by atoms with Gasteiger partial charge in [0.1, 0.15) is 11.6 Å². The molecule has 0 spiro atoms. The number of halogens is 2. The van der Waals surface area contributed by atoms with Crippen molar-refractivity contribution < 1.29 is 8.78 Å². The van der Waals surface area contributed by atoms with Gasteiger partial charge in [0.25, 0.3) is 0 Å². The Morgan fingerprint density at radius 1 is 0.769 bits per heavy atom. The maximum atomic E-state index is 13.4. The normalized spacial score (nSPS) is 23.3. The molecule has 0 radical (unpaired) electrons. The van der Waals surface area contributed by atoms with Crippen LogP contribution in [0.3, 0.4) is 0 Å². The Hall–Kier alpha value is -2.00. The predicted octanol–water partition coefficient (Wildman–Crippen LogP) is 5.66. The summed E-state index contributed by atoms with van der Waals surface area (Å²) in [6.07, 6.45) is 8.62. The first-order chi connectivity index (χ1) is 12.7. The minimum Gasteiger partial charge on any atom is -0.300 e. The van der Waals surface area contributed by atoms with Crippen molar-refractivity contribution in [1.82, 2.24) is 4.90 Å². The second-order valence-electron chi connectivity index (χ2n) is 7.50. The number of rotatable bonds is 3. The van der Waals surface area contributed by atoms with Crippen molar-refractivity contribution in [1.29, 1.82) is 0 Å². The molecule has 0 bridgehead atoms. The van der Waals surface area contributed by atoms with Gasteiger partial charge < -0.3 is 0 Å². The third-order valence-electron chi connectivity index (χ3n) is 5.83. The van der Waals surface area contributed by atoms with Gasteiger partial charge in [0.2, 0.25) is 0 Å². The lowest BCUT2D eigenvalue weighted by Crippen LogP contribution is -2.47. The molecule has 136 valence electrons. The number of hydrogen-bond donors (Lipinski definition) is 0. The van der Waals surface area contributed by atoms with E-state index < -0.39 is 0 Å². The molecule has 3 heteroatoms. The Morgan fingerprint density at radius 2 is 1.35 bits per heavy atom. The third-order valence-corrected chi connectivity index (χ3v) is 5.83. The lowest BCUT2D eigenvalue weighted by atomic mass is 9.81. The molecule has 2 atom stereocenters. The van der Waals surface area contributed by atoms with Gasteiger partial charge in [0, 0.05) is 6.04 Å². The molecule has 4 rings (SSSR count). The van der Waals surface area contributed by atoms with Gasteiger partial charge in [-0.15, -0.1) is 0 Å². The lowest BCUT2D eigenvalue weighted by Gasteiger charge is -2.43. The lowest BCUT2D eigenvalue weighted by molar-refractivity contribution is 0.0786. The fourth-order valence-corrected chi connectivity index (χ4v) is 4.53. The van der Waals surface area contributed by atoms with Crippen LogP contribution in [-0.4, -0.2) is 24.0 Å². The standard InChI is InChI=1S/C23H25F2N/c24-20-10-6-17(7-11-20)22(18-8-12-21(25)13-9-18)16-19-4-3-15-26-14-2-1-5-23(19)26/h6-13,16,19,23H,1-5,14-15H2/t19-,23+/m0/s1. The molecule has 0 aliphatic carbocycles. The zero-order valence-corrected chi connectivity index (χ0v) is 15.0. The van der Waals surface area contributed by atoms with Crippen LogP contribution >= 0.6 is 0 Å². The van der Waals surface area contributed by atoms with Crippen LogP contribution in [0.25, 0.3) is 5.57 Å². The minimum absolute atomic E-state index is 0.233. The van der Waals surface area contributed by atoms with Crippen molar-refractivity contribution >= 4 is 5.57 Å². The first-order valence-electron chi connectivity index (χ1n) is 9.68. The maximum Gasteiger partial charge on any atom is 0.123 e. The van der Waals surface area contributed by atoms with E-state index in [4.69, 9.17) is 0 Å². The van der Waals surface area contributed by atoms with E-state index in [1.165, 1.54) is 69.5 Å². The molecule has 2 fully saturated rings. The molecule has 2 aliphatic heterocycles. The van der Waals surface area contributed by atoms with Gasteiger partial charge in [-0.05, 0) is 85.7 Å². The zero-order valence-electron chi connectivity index (χ0n) is 15.0. The first-order valence-corrected chi connectivity index (χ1v) is 9.68. The van der Waals surface area contributed by atoms with Crippen molar-refractivity contribution in [3.8, 4) is 0 Å². The first kappa shape index (κ1) is 17.4. The summed E-state index contributed by atoms with van der Waals surface area (Å²) in [6.45, 7) is 2.41. The molecule has 26 heavy (non-hydrogen) atoms. The van der Waals surface area contributed by atoms with Crippen molar-refractivity contribution in [3.63, 3.8) is 0 Å². The Labute approximate surface area is 154 Å². The van der Waals surface area contributed by atoms with Crippen molar-refractivity contribution in [3.05, 3.63) is 77.4 Å². The van der Waals surface area contributed by atoms with Gasteiger partial charge in [-0.2, -0.15) is 0 Å². The van der Waals surface area contributed by atoms with E-state index in [0.717, 1.165) is 16.7 Å². The quantitative estimate of drug-likeness (QED) is 0.688. The molecular weight excluding hydrogens is 328 g/mol. The number of piperidine rings is 2. The average molecular weight is 353 g/mol. The largest absolute Gasteiger partial charge is 0.300 e. The minimum atomic E-state index is -0.233. The van der Waals surface area contributed by atoms with Crippen LogP contribution in [0.5, 0.6) is 0 Å². The summed E-state index contributed by atoms with van der Waals surface area (Å²) in [5, 5.41) is 0. The molecular formula is C23H25F2N. The second kappa shape index (κ2) is 7.71. The predicted molar refractivity (Wildman–Crippen MR) is 102 cm³/mol. The maximum absolute atomic E-state index is 13.4. The smallest absolute Gasteiger partial charge is 0.123 e. The fourth-order valence-electron chi connectivity index (χ4n) is 4.53. The highest BCUT2D eigenvalue weighted by molar-refractivity contribution is 5.80. The summed E-state index contributed by atoms with van der Waals surface area (Å²) in [5.41, 5.74) is 3.07. The second-order valence-corrected chi connectivity index (χ2v) is 7.50. The molecule has 2 aliphatic rings. The van der Waals surface area contributed by atoms with Crippen LogP contribution in [0, 0.1) is 17.6 Å². The molecule has 2 saturated heterocycles. The van der Waals surface area contributed by atoms with Gasteiger partial charge in [0.15, 0.2) is 0 Å². The zero-order chi connectivity index (χ0) is 17.9. The van der Waals surface area contributed by atoms with Gasteiger partial charge in [0.05, 0.1) is 0 Å². The summed E-state index contributed by atoms with van der Waals surface area (Å²) < 4.78 is 26.8. The van der Waals surface area contributed by atoms with E-state index in [9.17, 15) is 8.78 Å². The van der Waals surface area contributed by atoms with Gasteiger partial charge in [-0.25, -0.2) is 8.78 Å². The van der Waals surface area contributed by atoms with E-state index in [0.29, 0.717) is 12.0 Å². The Balaban J connectivity index is 1.72. The molecule has 0 N–H and O–H groups in total. The van der Waals surface area contributed by atoms with Crippen molar-refractivity contribution in [2.75, 3.05) is 13.1 Å². The number of benzene rings is 2. The van der Waals surface area contributed by atoms with E-state index in [2.05, 4.69) is 11.0 Å². The molecule has 0 saturated carbocycles. The molecule has 1 nitrogen and oxygen atoms in total. The van der Waals surface area contributed by atoms with E-state index in [1.807, 2.05) is 24.3 Å². The number of fused-ring (bicyclic) bond motifs is 1. The van der Waals surface area contributed by atoms with Crippen LogP contribution < -0.4 is 0 Å². The monoisotopic (exact) mass is 353 g/mol. The SMILES string of the molecule is Fc1ccc(C(=C[C@@H]2CCCN3CCCC[C@H]23)c2ccc(F)cc2)cc1. The fraction of sp³-hybridized carbons (Fsp3) is 0.391. The van der Waals surface area contributed by atoms with E-state index in [1.54, 1.807) is 0 Å². The summed E-state index contributed by atoms with van der Waals surface area (Å²) in [7, 11) is 0. The Morgan fingerprint density at radius 3 is 1.96 bits per heavy atom. The molecule has 2 aromatic carbocycles. The van der Waals surface area contributed by atoms with Gasteiger partial charge >= 0.3 is 0 Å². The van der Waals surface area contributed by atoms with Crippen molar-refractivity contribution in [2.24, 2.45) is 5.92 Å². The molecule has 0 unspecified atom stereocenters. The average Bonchev–Trinajstić information content (AvgIpc) is 2.68. The highest BCUT2D eigenvalue weighted by Crippen LogP contribution is 2.35. The number of hydrogen-bond acceptors (Lipinski definition) is 1. The van der Waals surface area contributed by atoms with Crippen LogP contribution in [0.4, 0.5) is 8.78 Å². The van der Waals surface area contributed by atoms with Gasteiger partial charge in [-0.3, -0.25) is 4.90 Å². The van der Waals surface area contributed by atoms with Crippen LogP contribution in [0.2, 0.25) is 0 Å². The van der Waals surface area contributed by atoms with E-state index >= 15 is 0 Å². The number of nitrogens with zero attached hydrogens (tertiary/aromatic N) is 1. The van der Waals surface area contributed by atoms with Crippen LogP contribution in [-0.2, 0) is 0 Å². The highest BCUT2D eigenvalue weighted by atomic mass is 19.1. The summed E-state index contributed by atoms with van der Waals surface area (Å²) in [6, 6.07) is 13.9. The molecule has 0 amide bonds.